The van der Waals surface area contributed by atoms with Crippen LogP contribution in [0, 0.1) is 0 Å². The Balaban J connectivity index is 1.78. The summed E-state index contributed by atoms with van der Waals surface area (Å²) in [6.07, 6.45) is 2.19. The Bertz CT molecular complexity index is 653. The van der Waals surface area contributed by atoms with Crippen molar-refractivity contribution >= 4 is 29.0 Å². The highest BCUT2D eigenvalue weighted by Gasteiger charge is 2.22. The standard InChI is InChI=1S/C18H18N2OS/c1-2-18(21)19-12-7-13-20-14-8-3-5-10-16(14)22-17-11-6-4-9-15(17)20/h2-6,8-11H,1,7,12-13H2,(H,19,21). The van der Waals surface area contributed by atoms with Crippen molar-refractivity contribution in [3.63, 3.8) is 0 Å². The van der Waals surface area contributed by atoms with Crippen LogP contribution in [-0.2, 0) is 4.79 Å². The lowest BCUT2D eigenvalue weighted by Gasteiger charge is -2.32. The molecule has 112 valence electrons. The van der Waals surface area contributed by atoms with Crippen LogP contribution in [0.2, 0.25) is 0 Å². The third-order valence-electron chi connectivity index (χ3n) is 3.58. The summed E-state index contributed by atoms with van der Waals surface area (Å²) in [5.41, 5.74) is 2.47. The van der Waals surface area contributed by atoms with Crippen LogP contribution in [0.4, 0.5) is 11.4 Å². The van der Waals surface area contributed by atoms with E-state index in [0.717, 1.165) is 13.0 Å². The van der Waals surface area contributed by atoms with Crippen LogP contribution in [-0.4, -0.2) is 19.0 Å². The summed E-state index contributed by atoms with van der Waals surface area (Å²) in [5.74, 6) is -0.116. The number of carbonyl (C=O) groups is 1. The summed E-state index contributed by atoms with van der Waals surface area (Å²) in [6, 6.07) is 16.9. The van der Waals surface area contributed by atoms with E-state index in [2.05, 4.69) is 65.3 Å². The fourth-order valence-corrected chi connectivity index (χ4v) is 3.64. The van der Waals surface area contributed by atoms with E-state index in [1.165, 1.54) is 27.2 Å². The molecule has 1 heterocycles. The van der Waals surface area contributed by atoms with Gasteiger partial charge in [-0.25, -0.2) is 0 Å². The average Bonchev–Trinajstić information content (AvgIpc) is 2.57. The molecule has 0 aromatic heterocycles. The second kappa shape index (κ2) is 6.71. The quantitative estimate of drug-likeness (QED) is 0.669. The van der Waals surface area contributed by atoms with Gasteiger partial charge in [-0.15, -0.1) is 0 Å². The summed E-state index contributed by atoms with van der Waals surface area (Å²) in [6.45, 7) is 4.98. The molecule has 2 aromatic rings. The third kappa shape index (κ3) is 3.02. The number of nitrogens with one attached hydrogen (secondary N) is 1. The van der Waals surface area contributed by atoms with E-state index in [4.69, 9.17) is 0 Å². The van der Waals surface area contributed by atoms with Gasteiger partial charge in [-0.05, 0) is 36.8 Å². The zero-order valence-corrected chi connectivity index (χ0v) is 13.1. The van der Waals surface area contributed by atoms with Crippen LogP contribution in [0.25, 0.3) is 0 Å². The van der Waals surface area contributed by atoms with Gasteiger partial charge < -0.3 is 10.2 Å². The van der Waals surface area contributed by atoms with Crippen molar-refractivity contribution in [3.05, 3.63) is 61.2 Å². The summed E-state index contributed by atoms with van der Waals surface area (Å²) < 4.78 is 0. The van der Waals surface area contributed by atoms with Crippen LogP contribution in [0.5, 0.6) is 0 Å². The van der Waals surface area contributed by atoms with Gasteiger partial charge in [0.15, 0.2) is 0 Å². The Morgan fingerprint density at radius 2 is 1.68 bits per heavy atom. The molecule has 22 heavy (non-hydrogen) atoms. The van der Waals surface area contributed by atoms with Crippen LogP contribution < -0.4 is 10.2 Å². The Morgan fingerprint density at radius 1 is 1.09 bits per heavy atom. The predicted octanol–water partition coefficient (Wildman–Crippen LogP) is 3.98. The monoisotopic (exact) mass is 310 g/mol. The zero-order chi connectivity index (χ0) is 15.4. The summed E-state index contributed by atoms with van der Waals surface area (Å²) in [7, 11) is 0. The molecular weight excluding hydrogens is 292 g/mol. The maximum absolute atomic E-state index is 11.2. The molecule has 1 aliphatic rings. The minimum absolute atomic E-state index is 0.116. The molecule has 0 unspecified atom stereocenters. The van der Waals surface area contributed by atoms with E-state index < -0.39 is 0 Å². The molecule has 0 saturated carbocycles. The highest BCUT2D eigenvalue weighted by Crippen LogP contribution is 2.47. The fraction of sp³-hybridized carbons (Fsp3) is 0.167. The highest BCUT2D eigenvalue weighted by atomic mass is 32.2. The molecule has 1 amide bonds. The fourth-order valence-electron chi connectivity index (χ4n) is 2.54. The first-order valence-corrected chi connectivity index (χ1v) is 8.15. The lowest BCUT2D eigenvalue weighted by Crippen LogP contribution is -2.27. The number of amides is 1. The average molecular weight is 310 g/mol. The Morgan fingerprint density at radius 3 is 2.27 bits per heavy atom. The summed E-state index contributed by atoms with van der Waals surface area (Å²) in [4.78, 5) is 16.1. The van der Waals surface area contributed by atoms with Crippen LogP contribution in [0.1, 0.15) is 6.42 Å². The molecule has 4 heteroatoms. The van der Waals surface area contributed by atoms with Gasteiger partial charge in [0.25, 0.3) is 0 Å². The van der Waals surface area contributed by atoms with Crippen molar-refractivity contribution in [1.29, 1.82) is 0 Å². The van der Waals surface area contributed by atoms with Crippen molar-refractivity contribution < 1.29 is 4.79 Å². The smallest absolute Gasteiger partial charge is 0.243 e. The highest BCUT2D eigenvalue weighted by molar-refractivity contribution is 7.99. The summed E-state index contributed by atoms with van der Waals surface area (Å²) in [5, 5.41) is 2.83. The third-order valence-corrected chi connectivity index (χ3v) is 4.71. The molecule has 0 bridgehead atoms. The topological polar surface area (TPSA) is 32.3 Å². The van der Waals surface area contributed by atoms with Gasteiger partial charge in [0.05, 0.1) is 11.4 Å². The lowest BCUT2D eigenvalue weighted by molar-refractivity contribution is -0.116. The number of carbonyl (C=O) groups excluding carboxylic acids is 1. The second-order valence-corrected chi connectivity index (χ2v) is 6.12. The lowest BCUT2D eigenvalue weighted by atomic mass is 10.2. The van der Waals surface area contributed by atoms with E-state index in [-0.39, 0.29) is 5.91 Å². The van der Waals surface area contributed by atoms with Crippen molar-refractivity contribution in [3.8, 4) is 0 Å². The molecule has 0 atom stereocenters. The Hall–Kier alpha value is -2.20. The number of fused-ring (bicyclic) bond motifs is 2. The first kappa shape index (κ1) is 14.7. The molecular formula is C18H18N2OS. The van der Waals surface area contributed by atoms with Crippen LogP contribution in [0.15, 0.2) is 71.0 Å². The molecule has 0 spiro atoms. The summed E-state index contributed by atoms with van der Waals surface area (Å²) >= 11 is 1.81. The normalized spacial score (nSPS) is 12.3. The molecule has 0 saturated heterocycles. The second-order valence-electron chi connectivity index (χ2n) is 5.04. The van der Waals surface area contributed by atoms with Gasteiger partial charge in [0.2, 0.25) is 5.91 Å². The number of anilines is 2. The number of hydrogen-bond acceptors (Lipinski definition) is 3. The van der Waals surface area contributed by atoms with E-state index in [0.29, 0.717) is 6.54 Å². The molecule has 0 aliphatic carbocycles. The first-order chi connectivity index (χ1) is 10.8. The minimum Gasteiger partial charge on any atom is -0.353 e. The van der Waals surface area contributed by atoms with Crippen molar-refractivity contribution in [1.82, 2.24) is 5.32 Å². The van der Waals surface area contributed by atoms with E-state index in [1.54, 1.807) is 0 Å². The van der Waals surface area contributed by atoms with Gasteiger partial charge in [0, 0.05) is 22.9 Å². The number of rotatable bonds is 5. The molecule has 0 radical (unpaired) electrons. The minimum atomic E-state index is -0.116. The number of para-hydroxylation sites is 2. The molecule has 2 aromatic carbocycles. The van der Waals surface area contributed by atoms with Crippen LogP contribution >= 0.6 is 11.8 Å². The van der Waals surface area contributed by atoms with E-state index in [1.807, 2.05) is 11.8 Å². The van der Waals surface area contributed by atoms with Gasteiger partial charge in [-0.3, -0.25) is 4.79 Å². The molecule has 1 N–H and O–H groups in total. The predicted molar refractivity (Wildman–Crippen MR) is 91.8 cm³/mol. The molecule has 1 aliphatic heterocycles. The number of benzene rings is 2. The Kier molecular flexibility index (Phi) is 4.49. The molecule has 3 rings (SSSR count). The molecule has 0 fully saturated rings. The van der Waals surface area contributed by atoms with Crippen molar-refractivity contribution in [2.75, 3.05) is 18.0 Å². The maximum Gasteiger partial charge on any atom is 0.243 e. The van der Waals surface area contributed by atoms with E-state index >= 15 is 0 Å². The zero-order valence-electron chi connectivity index (χ0n) is 12.3. The van der Waals surface area contributed by atoms with Gasteiger partial charge in [0.1, 0.15) is 0 Å². The van der Waals surface area contributed by atoms with E-state index in [9.17, 15) is 4.79 Å². The first-order valence-electron chi connectivity index (χ1n) is 7.33. The Labute approximate surface area is 135 Å². The van der Waals surface area contributed by atoms with Crippen LogP contribution in [0.3, 0.4) is 0 Å². The van der Waals surface area contributed by atoms with Gasteiger partial charge in [-0.1, -0.05) is 42.6 Å². The maximum atomic E-state index is 11.2. The SMILES string of the molecule is C=CC(=O)NCCCN1c2ccccc2Sc2ccccc21. The largest absolute Gasteiger partial charge is 0.353 e. The number of nitrogens with zero attached hydrogens (tertiary/aromatic N) is 1. The van der Waals surface area contributed by atoms with Gasteiger partial charge in [-0.2, -0.15) is 0 Å². The molecule has 3 nitrogen and oxygen atoms in total. The van der Waals surface area contributed by atoms with Gasteiger partial charge >= 0.3 is 0 Å². The number of hydrogen-bond donors (Lipinski definition) is 1. The van der Waals surface area contributed by atoms with Crippen molar-refractivity contribution in [2.45, 2.75) is 16.2 Å². The van der Waals surface area contributed by atoms with Crippen molar-refractivity contribution in [2.24, 2.45) is 0 Å².